The molecule has 0 radical (unpaired) electrons. The fourth-order valence-corrected chi connectivity index (χ4v) is 5.39. The maximum Gasteiger partial charge on any atom is 0.237 e. The summed E-state index contributed by atoms with van der Waals surface area (Å²) in [6, 6.07) is 1.16. The molecule has 0 aliphatic carbocycles. The van der Waals surface area contributed by atoms with Gasteiger partial charge in [-0.05, 0) is 50.3 Å². The van der Waals surface area contributed by atoms with E-state index in [1.54, 1.807) is 6.26 Å². The lowest BCUT2D eigenvalue weighted by Gasteiger charge is -2.44. The standard InChI is InChI=1S/C23H39N3O6S/c1-5-15-11-14(26-32-15)7-6-13-8-9-24-16(10-13)22(30)25-17(12(2)3)21-19(28)18(27)20(29)23(31-21)33-4/h11-13,16-21,23-24,27-29H,5-10H2,1-4H3,(H,25,30). The van der Waals surface area contributed by atoms with Crippen LogP contribution in [0.5, 0.6) is 0 Å². The van der Waals surface area contributed by atoms with E-state index >= 15 is 0 Å². The minimum Gasteiger partial charge on any atom is -0.388 e. The number of aromatic nitrogens is 1. The first kappa shape index (κ1) is 26.4. The van der Waals surface area contributed by atoms with Gasteiger partial charge in [0, 0.05) is 12.5 Å². The first-order valence-electron chi connectivity index (χ1n) is 12.0. The van der Waals surface area contributed by atoms with Crippen molar-refractivity contribution < 1.29 is 29.4 Å². The molecular formula is C23H39N3O6S. The van der Waals surface area contributed by atoms with Gasteiger partial charge in [-0.2, -0.15) is 0 Å². The fourth-order valence-electron chi connectivity index (χ4n) is 4.71. The van der Waals surface area contributed by atoms with Gasteiger partial charge in [0.2, 0.25) is 5.91 Å². The number of nitrogens with one attached hydrogen (secondary N) is 2. The minimum absolute atomic E-state index is 0.0436. The van der Waals surface area contributed by atoms with E-state index < -0.39 is 35.9 Å². The number of amides is 1. The number of carbonyl (C=O) groups is 1. The zero-order valence-corrected chi connectivity index (χ0v) is 20.8. The number of thioether (sulfide) groups is 1. The molecule has 2 aliphatic rings. The van der Waals surface area contributed by atoms with Gasteiger partial charge in [0.15, 0.2) is 0 Å². The van der Waals surface area contributed by atoms with Crippen LogP contribution in [0.4, 0.5) is 0 Å². The molecule has 1 aromatic rings. The Bertz CT molecular complexity index is 760. The number of rotatable bonds is 9. The van der Waals surface area contributed by atoms with E-state index in [-0.39, 0.29) is 17.9 Å². The van der Waals surface area contributed by atoms with E-state index in [4.69, 9.17) is 9.26 Å². The van der Waals surface area contributed by atoms with Gasteiger partial charge in [0.1, 0.15) is 35.6 Å². The van der Waals surface area contributed by atoms with Crippen molar-refractivity contribution in [3.8, 4) is 0 Å². The molecule has 10 heteroatoms. The van der Waals surface area contributed by atoms with Crippen molar-refractivity contribution in [3.63, 3.8) is 0 Å². The number of hydrogen-bond donors (Lipinski definition) is 5. The third-order valence-corrected chi connectivity index (χ3v) is 7.67. The average Bonchev–Trinajstić information content (AvgIpc) is 3.28. The van der Waals surface area contributed by atoms with E-state index in [2.05, 4.69) is 15.8 Å². The predicted molar refractivity (Wildman–Crippen MR) is 126 cm³/mol. The number of carbonyl (C=O) groups excluding carboxylic acids is 1. The van der Waals surface area contributed by atoms with E-state index in [0.29, 0.717) is 5.92 Å². The van der Waals surface area contributed by atoms with E-state index in [1.807, 2.05) is 26.8 Å². The minimum atomic E-state index is -1.33. The van der Waals surface area contributed by atoms with Crippen LogP contribution in [-0.2, 0) is 22.4 Å². The second-order valence-corrected chi connectivity index (χ2v) is 10.5. The molecule has 3 rings (SSSR count). The van der Waals surface area contributed by atoms with Crippen LogP contribution in [0.25, 0.3) is 0 Å². The molecule has 2 aliphatic heterocycles. The van der Waals surface area contributed by atoms with Crippen LogP contribution in [0.15, 0.2) is 10.6 Å². The van der Waals surface area contributed by atoms with Gasteiger partial charge < -0.3 is 35.2 Å². The highest BCUT2D eigenvalue weighted by molar-refractivity contribution is 7.99. The molecule has 33 heavy (non-hydrogen) atoms. The Morgan fingerprint density at radius 3 is 2.70 bits per heavy atom. The number of nitrogens with zero attached hydrogens (tertiary/aromatic N) is 1. The molecule has 3 heterocycles. The van der Waals surface area contributed by atoms with Gasteiger partial charge in [-0.15, -0.1) is 11.8 Å². The van der Waals surface area contributed by atoms with Gasteiger partial charge >= 0.3 is 0 Å². The highest BCUT2D eigenvalue weighted by Gasteiger charge is 2.47. The van der Waals surface area contributed by atoms with E-state index in [9.17, 15) is 20.1 Å². The molecule has 2 saturated heterocycles. The summed E-state index contributed by atoms with van der Waals surface area (Å²) in [4.78, 5) is 13.2. The molecule has 188 valence electrons. The summed E-state index contributed by atoms with van der Waals surface area (Å²) in [6.07, 6.45) is 1.46. The summed E-state index contributed by atoms with van der Waals surface area (Å²) >= 11 is 1.27. The smallest absolute Gasteiger partial charge is 0.237 e. The quantitative estimate of drug-likeness (QED) is 0.345. The molecule has 9 nitrogen and oxygen atoms in total. The summed E-state index contributed by atoms with van der Waals surface area (Å²) in [5.41, 5.74) is 0.285. The monoisotopic (exact) mass is 485 g/mol. The van der Waals surface area contributed by atoms with Crippen molar-refractivity contribution in [2.24, 2.45) is 11.8 Å². The van der Waals surface area contributed by atoms with Gasteiger partial charge in [-0.3, -0.25) is 4.79 Å². The molecule has 8 atom stereocenters. The third-order valence-electron chi connectivity index (χ3n) is 6.81. The van der Waals surface area contributed by atoms with Crippen LogP contribution >= 0.6 is 11.8 Å². The normalized spacial score (nSPS) is 33.8. The summed E-state index contributed by atoms with van der Waals surface area (Å²) in [7, 11) is 0. The second-order valence-electron chi connectivity index (χ2n) is 9.53. The van der Waals surface area contributed by atoms with Crippen molar-refractivity contribution in [3.05, 3.63) is 17.5 Å². The zero-order valence-electron chi connectivity index (χ0n) is 19.9. The maximum atomic E-state index is 13.2. The molecule has 2 fully saturated rings. The molecule has 0 aromatic carbocycles. The van der Waals surface area contributed by atoms with Gasteiger partial charge in [0.25, 0.3) is 0 Å². The Morgan fingerprint density at radius 1 is 1.30 bits per heavy atom. The molecule has 5 N–H and O–H groups in total. The molecule has 8 unspecified atom stereocenters. The molecular weight excluding hydrogens is 446 g/mol. The largest absolute Gasteiger partial charge is 0.388 e. The highest BCUT2D eigenvalue weighted by Crippen LogP contribution is 2.30. The summed E-state index contributed by atoms with van der Waals surface area (Å²) in [5.74, 6) is 1.11. The lowest BCUT2D eigenvalue weighted by Crippen LogP contribution is -2.65. The third kappa shape index (κ3) is 6.49. The van der Waals surface area contributed by atoms with Crippen molar-refractivity contribution in [2.75, 3.05) is 12.8 Å². The topological polar surface area (TPSA) is 137 Å². The van der Waals surface area contributed by atoms with Crippen LogP contribution < -0.4 is 10.6 Å². The maximum absolute atomic E-state index is 13.2. The van der Waals surface area contributed by atoms with E-state index in [1.165, 1.54) is 11.8 Å². The number of aliphatic hydroxyl groups is 3. The second kappa shape index (κ2) is 12.0. The van der Waals surface area contributed by atoms with Crippen molar-refractivity contribution in [2.45, 2.75) is 94.8 Å². The fraction of sp³-hybridized carbons (Fsp3) is 0.826. The predicted octanol–water partition coefficient (Wildman–Crippen LogP) is 0.849. The SMILES string of the molecule is CCc1cc(CCC2CCNC(C(=O)NC(C(C)C)C3OC(SC)C(O)C(O)C3O)C2)no1. The molecule has 0 spiro atoms. The highest BCUT2D eigenvalue weighted by atomic mass is 32.2. The number of ether oxygens (including phenoxy) is 1. The van der Waals surface area contributed by atoms with Gasteiger partial charge in [0.05, 0.1) is 17.8 Å². The average molecular weight is 486 g/mol. The summed E-state index contributed by atoms with van der Waals surface area (Å²) in [6.45, 7) is 6.67. The Kier molecular flexibility index (Phi) is 9.61. The lowest BCUT2D eigenvalue weighted by atomic mass is 9.86. The van der Waals surface area contributed by atoms with Crippen LogP contribution in [-0.4, -0.2) is 81.1 Å². The van der Waals surface area contributed by atoms with Gasteiger partial charge in [-0.1, -0.05) is 25.9 Å². The summed E-state index contributed by atoms with van der Waals surface area (Å²) in [5, 5.41) is 41.5. The molecule has 0 bridgehead atoms. The lowest BCUT2D eigenvalue weighted by molar-refractivity contribution is -0.208. The molecule has 1 aromatic heterocycles. The zero-order chi connectivity index (χ0) is 24.1. The molecule has 1 amide bonds. The Labute approximate surface area is 200 Å². The van der Waals surface area contributed by atoms with Crippen molar-refractivity contribution >= 4 is 17.7 Å². The van der Waals surface area contributed by atoms with Crippen LogP contribution in [0.2, 0.25) is 0 Å². The number of aryl methyl sites for hydroxylation is 2. The van der Waals surface area contributed by atoms with Crippen molar-refractivity contribution in [1.82, 2.24) is 15.8 Å². The van der Waals surface area contributed by atoms with Crippen molar-refractivity contribution in [1.29, 1.82) is 0 Å². The van der Waals surface area contributed by atoms with Gasteiger partial charge in [-0.25, -0.2) is 0 Å². The first-order chi connectivity index (χ1) is 15.7. The number of piperidine rings is 1. The Hall–Kier alpha value is -1.17. The Morgan fingerprint density at radius 2 is 2.06 bits per heavy atom. The first-order valence-corrected chi connectivity index (χ1v) is 13.2. The summed E-state index contributed by atoms with van der Waals surface area (Å²) < 4.78 is 11.2. The van der Waals surface area contributed by atoms with Crippen LogP contribution in [0.1, 0.15) is 51.5 Å². The van der Waals surface area contributed by atoms with Crippen LogP contribution in [0, 0.1) is 11.8 Å². The number of hydrogen-bond acceptors (Lipinski definition) is 9. The van der Waals surface area contributed by atoms with Crippen LogP contribution in [0.3, 0.4) is 0 Å². The molecule has 0 saturated carbocycles. The van der Waals surface area contributed by atoms with E-state index in [0.717, 1.165) is 50.1 Å². The number of aliphatic hydroxyl groups excluding tert-OH is 3. The Balaban J connectivity index is 1.59.